The van der Waals surface area contributed by atoms with E-state index in [2.05, 4.69) is 5.32 Å². The third-order valence-corrected chi connectivity index (χ3v) is 2.16. The van der Waals surface area contributed by atoms with Crippen molar-refractivity contribution >= 4 is 17.3 Å². The van der Waals surface area contributed by atoms with Gasteiger partial charge < -0.3 is 10.4 Å². The minimum Gasteiger partial charge on any atom is -0.478 e. The van der Waals surface area contributed by atoms with Gasteiger partial charge in [-0.1, -0.05) is 19.9 Å². The maximum Gasteiger partial charge on any atom is 0.338 e. The van der Waals surface area contributed by atoms with Gasteiger partial charge >= 0.3 is 5.97 Å². The first-order valence-corrected chi connectivity index (χ1v) is 5.18. The van der Waals surface area contributed by atoms with Crippen molar-refractivity contribution in [2.45, 2.75) is 13.8 Å². The summed E-state index contributed by atoms with van der Waals surface area (Å²) in [5.41, 5.74) is -0.232. The number of nitro benzene ring substituents is 1. The van der Waals surface area contributed by atoms with Crippen LogP contribution in [-0.2, 0) is 0 Å². The highest BCUT2D eigenvalue weighted by Crippen LogP contribution is 2.28. The molecule has 0 aromatic heterocycles. The lowest BCUT2D eigenvalue weighted by atomic mass is 10.1. The number of carbonyl (C=O) groups is 1. The van der Waals surface area contributed by atoms with Gasteiger partial charge in [-0.3, -0.25) is 10.1 Å². The molecule has 0 heterocycles. The van der Waals surface area contributed by atoms with Crippen molar-refractivity contribution in [1.82, 2.24) is 0 Å². The van der Waals surface area contributed by atoms with Crippen molar-refractivity contribution in [1.29, 1.82) is 0 Å². The van der Waals surface area contributed by atoms with E-state index in [0.717, 1.165) is 0 Å². The molecular weight excluding hydrogens is 224 g/mol. The molecule has 1 aromatic rings. The molecule has 0 aliphatic heterocycles. The molecule has 0 radical (unpaired) electrons. The summed E-state index contributed by atoms with van der Waals surface area (Å²) < 4.78 is 0. The number of hydrogen-bond acceptors (Lipinski definition) is 4. The standard InChI is InChI=1S/C11H14N2O4/c1-7(2)6-12-10-8(11(14)15)4-3-5-9(10)13(16)17/h3-5,7,12H,6H2,1-2H3,(H,14,15). The SMILES string of the molecule is CC(C)CNc1c(C(=O)O)cccc1[N+](=O)[O-]. The molecule has 92 valence electrons. The molecule has 6 heteroatoms. The molecule has 0 spiro atoms. The van der Waals surface area contributed by atoms with Gasteiger partial charge in [-0.25, -0.2) is 4.79 Å². The van der Waals surface area contributed by atoms with Crippen LogP contribution in [0.25, 0.3) is 0 Å². The average molecular weight is 238 g/mol. The summed E-state index contributed by atoms with van der Waals surface area (Å²) in [6.07, 6.45) is 0. The molecule has 0 bridgehead atoms. The Bertz CT molecular complexity index is 411. The number of para-hydroxylation sites is 1. The third kappa shape index (κ3) is 3.17. The van der Waals surface area contributed by atoms with E-state index < -0.39 is 10.9 Å². The third-order valence-electron chi connectivity index (χ3n) is 2.16. The summed E-state index contributed by atoms with van der Waals surface area (Å²) in [5.74, 6) is -0.920. The molecule has 0 unspecified atom stereocenters. The molecule has 0 atom stereocenters. The molecule has 1 aromatic carbocycles. The molecule has 0 aliphatic carbocycles. The lowest BCUT2D eigenvalue weighted by Crippen LogP contribution is -2.13. The number of nitrogens with zero attached hydrogens (tertiary/aromatic N) is 1. The summed E-state index contributed by atoms with van der Waals surface area (Å²) in [6, 6.07) is 4.00. The van der Waals surface area contributed by atoms with Crippen molar-refractivity contribution in [3.05, 3.63) is 33.9 Å². The highest BCUT2D eigenvalue weighted by molar-refractivity contribution is 5.96. The van der Waals surface area contributed by atoms with Crippen LogP contribution < -0.4 is 5.32 Å². The van der Waals surface area contributed by atoms with Crippen LogP contribution in [0, 0.1) is 16.0 Å². The van der Waals surface area contributed by atoms with Crippen LogP contribution in [0.15, 0.2) is 18.2 Å². The van der Waals surface area contributed by atoms with Crippen molar-refractivity contribution in [3.8, 4) is 0 Å². The van der Waals surface area contributed by atoms with Gasteiger partial charge in [0, 0.05) is 12.6 Å². The zero-order chi connectivity index (χ0) is 13.0. The van der Waals surface area contributed by atoms with Crippen LogP contribution in [0.3, 0.4) is 0 Å². The fourth-order valence-corrected chi connectivity index (χ4v) is 1.36. The topological polar surface area (TPSA) is 92.5 Å². The van der Waals surface area contributed by atoms with Gasteiger partial charge in [-0.15, -0.1) is 0 Å². The second kappa shape index (κ2) is 5.29. The first kappa shape index (κ1) is 13.0. The van der Waals surface area contributed by atoms with Crippen LogP contribution in [0.2, 0.25) is 0 Å². The number of nitrogens with one attached hydrogen (secondary N) is 1. The summed E-state index contributed by atoms with van der Waals surface area (Å²) in [4.78, 5) is 21.2. The van der Waals surface area contributed by atoms with Gasteiger partial charge in [0.1, 0.15) is 5.69 Å². The predicted molar refractivity (Wildman–Crippen MR) is 63.4 cm³/mol. The highest BCUT2D eigenvalue weighted by atomic mass is 16.6. The predicted octanol–water partition coefficient (Wildman–Crippen LogP) is 2.36. The van der Waals surface area contributed by atoms with Crippen molar-refractivity contribution in [2.75, 3.05) is 11.9 Å². The Morgan fingerprint density at radius 1 is 1.53 bits per heavy atom. The molecule has 0 fully saturated rings. The van der Waals surface area contributed by atoms with Gasteiger partial charge in [0.25, 0.3) is 5.69 Å². The van der Waals surface area contributed by atoms with E-state index in [9.17, 15) is 14.9 Å². The Kier molecular flexibility index (Phi) is 4.03. The van der Waals surface area contributed by atoms with E-state index >= 15 is 0 Å². The lowest BCUT2D eigenvalue weighted by Gasteiger charge is -2.11. The number of benzene rings is 1. The quantitative estimate of drug-likeness (QED) is 0.606. The van der Waals surface area contributed by atoms with Crippen LogP contribution in [-0.4, -0.2) is 22.5 Å². The van der Waals surface area contributed by atoms with Gasteiger partial charge in [0.05, 0.1) is 10.5 Å². The van der Waals surface area contributed by atoms with Crippen molar-refractivity contribution in [3.63, 3.8) is 0 Å². The number of nitro groups is 1. The fraction of sp³-hybridized carbons (Fsp3) is 0.364. The second-order valence-corrected chi connectivity index (χ2v) is 4.04. The smallest absolute Gasteiger partial charge is 0.338 e. The van der Waals surface area contributed by atoms with Gasteiger partial charge in [0.15, 0.2) is 0 Å². The van der Waals surface area contributed by atoms with Crippen LogP contribution in [0.4, 0.5) is 11.4 Å². The Morgan fingerprint density at radius 3 is 2.65 bits per heavy atom. The minimum atomic E-state index is -1.18. The second-order valence-electron chi connectivity index (χ2n) is 4.04. The molecule has 0 amide bonds. The van der Waals surface area contributed by atoms with Gasteiger partial charge in [-0.2, -0.15) is 0 Å². The molecule has 0 saturated heterocycles. The summed E-state index contributed by atoms with van der Waals surface area (Å²) in [6.45, 7) is 4.34. The number of carboxylic acid groups (broad SMARTS) is 1. The molecule has 1 rings (SSSR count). The van der Waals surface area contributed by atoms with Crippen molar-refractivity contribution in [2.24, 2.45) is 5.92 Å². The molecule has 0 aliphatic rings. The zero-order valence-corrected chi connectivity index (χ0v) is 9.64. The molecule has 0 saturated carbocycles. The molecule has 17 heavy (non-hydrogen) atoms. The lowest BCUT2D eigenvalue weighted by molar-refractivity contribution is -0.384. The van der Waals surface area contributed by atoms with E-state index in [1.807, 2.05) is 13.8 Å². The van der Waals surface area contributed by atoms with Gasteiger partial charge in [0.2, 0.25) is 0 Å². The fourth-order valence-electron chi connectivity index (χ4n) is 1.36. The maximum atomic E-state index is 11.0. The number of hydrogen-bond donors (Lipinski definition) is 2. The first-order valence-electron chi connectivity index (χ1n) is 5.18. The van der Waals surface area contributed by atoms with Crippen LogP contribution in [0.1, 0.15) is 24.2 Å². The van der Waals surface area contributed by atoms with Crippen LogP contribution in [0.5, 0.6) is 0 Å². The first-order chi connectivity index (χ1) is 7.93. The summed E-state index contributed by atoms with van der Waals surface area (Å²) in [5, 5.41) is 22.6. The largest absolute Gasteiger partial charge is 0.478 e. The normalized spacial score (nSPS) is 10.3. The average Bonchev–Trinajstić information content (AvgIpc) is 2.25. The Balaban J connectivity index is 3.19. The molecular formula is C11H14N2O4. The monoisotopic (exact) mass is 238 g/mol. The van der Waals surface area contributed by atoms with E-state index in [1.54, 1.807) is 0 Å². The zero-order valence-electron chi connectivity index (χ0n) is 9.64. The number of anilines is 1. The maximum absolute atomic E-state index is 11.0. The number of aromatic carboxylic acids is 1. The van der Waals surface area contributed by atoms with E-state index in [-0.39, 0.29) is 22.9 Å². The van der Waals surface area contributed by atoms with Crippen molar-refractivity contribution < 1.29 is 14.8 Å². The van der Waals surface area contributed by atoms with Crippen LogP contribution >= 0.6 is 0 Å². The Labute approximate surface area is 98.4 Å². The van der Waals surface area contributed by atoms with Gasteiger partial charge in [-0.05, 0) is 12.0 Å². The highest BCUT2D eigenvalue weighted by Gasteiger charge is 2.20. The Hall–Kier alpha value is -2.11. The molecule has 2 N–H and O–H groups in total. The Morgan fingerprint density at radius 2 is 2.18 bits per heavy atom. The van der Waals surface area contributed by atoms with E-state index in [4.69, 9.17) is 5.11 Å². The minimum absolute atomic E-state index is 0.0682. The number of rotatable bonds is 5. The summed E-state index contributed by atoms with van der Waals surface area (Å²) in [7, 11) is 0. The van der Waals surface area contributed by atoms with E-state index in [1.165, 1.54) is 18.2 Å². The molecule has 6 nitrogen and oxygen atoms in total. The summed E-state index contributed by atoms with van der Waals surface area (Å²) >= 11 is 0. The number of carboxylic acids is 1. The van der Waals surface area contributed by atoms with E-state index in [0.29, 0.717) is 6.54 Å².